The van der Waals surface area contributed by atoms with Crippen LogP contribution in [0.5, 0.6) is 11.5 Å². The van der Waals surface area contributed by atoms with Crippen molar-refractivity contribution in [2.75, 3.05) is 34.5 Å². The smallest absolute Gasteiger partial charge is 0.195 e. The van der Waals surface area contributed by atoms with Gasteiger partial charge in [0.15, 0.2) is 5.79 Å². The molecule has 2 atom stereocenters. The molecule has 134 valence electrons. The third kappa shape index (κ3) is 2.63. The minimum atomic E-state index is -1.24. The summed E-state index contributed by atoms with van der Waals surface area (Å²) in [6.07, 6.45) is 0.298. The summed E-state index contributed by atoms with van der Waals surface area (Å²) in [7, 11) is 4.84. The van der Waals surface area contributed by atoms with Gasteiger partial charge in [-0.05, 0) is 28.9 Å². The highest BCUT2D eigenvalue weighted by atomic mass is 79.9. The number of hydrogen-bond donors (Lipinski definition) is 1. The first-order valence-electron chi connectivity index (χ1n) is 7.85. The molecule has 3 rings (SSSR count). The van der Waals surface area contributed by atoms with Crippen molar-refractivity contribution < 1.29 is 28.8 Å². The lowest BCUT2D eigenvalue weighted by Crippen LogP contribution is -2.57. The number of fused-ring (bicyclic) bond motifs is 1. The number of ether oxygens (including phenoxy) is 5. The van der Waals surface area contributed by atoms with Crippen molar-refractivity contribution in [3.8, 4) is 11.5 Å². The second-order valence-corrected chi connectivity index (χ2v) is 7.12. The highest BCUT2D eigenvalue weighted by Crippen LogP contribution is 2.52. The van der Waals surface area contributed by atoms with E-state index in [2.05, 4.69) is 15.9 Å². The molecule has 1 N–H and O–H groups in total. The second-order valence-electron chi connectivity index (χ2n) is 6.27. The lowest BCUT2D eigenvalue weighted by Gasteiger charge is -2.46. The molecule has 24 heavy (non-hydrogen) atoms. The SMILES string of the molecule is COc1cc(Br)c(OC)c2c1[C@H](OC)C[C@](O)(C1(C)OCCO1)C2. The van der Waals surface area contributed by atoms with Crippen LogP contribution in [-0.4, -0.2) is 51.0 Å². The predicted molar refractivity (Wildman–Crippen MR) is 90.6 cm³/mol. The Kier molecular flexibility index (Phi) is 4.83. The van der Waals surface area contributed by atoms with Gasteiger partial charge in [-0.2, -0.15) is 0 Å². The van der Waals surface area contributed by atoms with Crippen LogP contribution >= 0.6 is 15.9 Å². The molecule has 1 aromatic carbocycles. The third-order valence-corrected chi connectivity index (χ3v) is 5.63. The van der Waals surface area contributed by atoms with E-state index in [-0.39, 0.29) is 6.10 Å². The predicted octanol–water partition coefficient (Wildman–Crippen LogP) is 2.59. The van der Waals surface area contributed by atoms with E-state index in [9.17, 15) is 5.11 Å². The topological polar surface area (TPSA) is 66.4 Å². The van der Waals surface area contributed by atoms with Crippen LogP contribution in [0.2, 0.25) is 0 Å². The Morgan fingerprint density at radius 3 is 2.42 bits per heavy atom. The second kappa shape index (κ2) is 6.46. The van der Waals surface area contributed by atoms with E-state index in [4.69, 9.17) is 23.7 Å². The van der Waals surface area contributed by atoms with Crippen LogP contribution in [0.3, 0.4) is 0 Å². The largest absolute Gasteiger partial charge is 0.496 e. The fraction of sp³-hybridized carbons (Fsp3) is 0.647. The fourth-order valence-corrected chi connectivity index (χ4v) is 4.30. The van der Waals surface area contributed by atoms with Crippen LogP contribution in [0.25, 0.3) is 0 Å². The number of rotatable bonds is 4. The van der Waals surface area contributed by atoms with Crippen LogP contribution in [0.15, 0.2) is 10.5 Å². The first-order valence-corrected chi connectivity index (χ1v) is 8.64. The zero-order valence-electron chi connectivity index (χ0n) is 14.3. The van der Waals surface area contributed by atoms with Gasteiger partial charge in [0.1, 0.15) is 17.1 Å². The van der Waals surface area contributed by atoms with Gasteiger partial charge in [0.25, 0.3) is 0 Å². The first-order chi connectivity index (χ1) is 11.4. The van der Waals surface area contributed by atoms with Gasteiger partial charge in [-0.1, -0.05) is 0 Å². The number of benzene rings is 1. The van der Waals surface area contributed by atoms with Crippen molar-refractivity contribution >= 4 is 15.9 Å². The van der Waals surface area contributed by atoms with Crippen LogP contribution in [0, 0.1) is 0 Å². The Morgan fingerprint density at radius 2 is 1.88 bits per heavy atom. The molecule has 0 unspecified atom stereocenters. The van der Waals surface area contributed by atoms with Gasteiger partial charge in [-0.25, -0.2) is 0 Å². The van der Waals surface area contributed by atoms with Crippen molar-refractivity contribution in [1.29, 1.82) is 0 Å². The maximum absolute atomic E-state index is 11.4. The molecule has 0 amide bonds. The van der Waals surface area contributed by atoms with Gasteiger partial charge in [0, 0.05) is 31.1 Å². The van der Waals surface area contributed by atoms with Crippen LogP contribution in [0.4, 0.5) is 0 Å². The van der Waals surface area contributed by atoms with Crippen molar-refractivity contribution in [2.24, 2.45) is 0 Å². The number of hydrogen-bond acceptors (Lipinski definition) is 6. The Balaban J connectivity index is 2.16. The standard InChI is InChI=1S/C17H23BrO6/c1-16(23-5-6-24-16)17(19)8-10-14(13(9-17)21-3)12(20-2)7-11(18)15(10)22-4/h7,13,19H,5-6,8-9H2,1-4H3/t13-,17+/m1/s1. The van der Waals surface area contributed by atoms with Crippen LogP contribution in [0.1, 0.15) is 30.6 Å². The lowest BCUT2D eigenvalue weighted by molar-refractivity contribution is -0.270. The molecule has 1 saturated heterocycles. The van der Waals surface area contributed by atoms with Gasteiger partial charge < -0.3 is 28.8 Å². The van der Waals surface area contributed by atoms with E-state index < -0.39 is 11.4 Å². The quantitative estimate of drug-likeness (QED) is 0.834. The summed E-state index contributed by atoms with van der Waals surface area (Å²) in [5, 5.41) is 11.4. The average molecular weight is 403 g/mol. The molecule has 0 spiro atoms. The lowest BCUT2D eigenvalue weighted by atomic mass is 9.73. The summed E-state index contributed by atoms with van der Waals surface area (Å²) in [4.78, 5) is 0. The molecule has 0 aromatic heterocycles. The summed E-state index contributed by atoms with van der Waals surface area (Å²) in [5.41, 5.74) is 0.493. The average Bonchev–Trinajstić information content (AvgIpc) is 3.01. The maximum atomic E-state index is 11.4. The molecule has 1 aliphatic carbocycles. The monoisotopic (exact) mass is 402 g/mol. The van der Waals surface area contributed by atoms with Gasteiger partial charge in [0.05, 0.1) is 38.0 Å². The zero-order valence-corrected chi connectivity index (χ0v) is 15.9. The van der Waals surface area contributed by atoms with E-state index >= 15 is 0 Å². The van der Waals surface area contributed by atoms with Crippen molar-refractivity contribution in [2.45, 2.75) is 37.3 Å². The molecule has 0 radical (unpaired) electrons. The van der Waals surface area contributed by atoms with E-state index in [0.717, 1.165) is 15.6 Å². The summed E-state index contributed by atoms with van der Waals surface area (Å²) in [5.74, 6) is 0.278. The minimum Gasteiger partial charge on any atom is -0.496 e. The van der Waals surface area contributed by atoms with Gasteiger partial charge in [0.2, 0.25) is 0 Å². The molecule has 1 aliphatic heterocycles. The van der Waals surface area contributed by atoms with Gasteiger partial charge in [-0.15, -0.1) is 0 Å². The molecule has 1 heterocycles. The van der Waals surface area contributed by atoms with E-state index in [1.807, 2.05) is 6.07 Å². The Labute approximate surface area is 150 Å². The van der Waals surface area contributed by atoms with Gasteiger partial charge in [-0.3, -0.25) is 0 Å². The molecule has 2 aliphatic rings. The molecule has 6 nitrogen and oxygen atoms in total. The fourth-order valence-electron chi connectivity index (χ4n) is 3.70. The highest BCUT2D eigenvalue weighted by Gasteiger charge is 2.56. The molecule has 0 bridgehead atoms. The third-order valence-electron chi connectivity index (χ3n) is 5.05. The van der Waals surface area contributed by atoms with Crippen molar-refractivity contribution in [3.63, 3.8) is 0 Å². The number of halogens is 1. The molecule has 1 aromatic rings. The Hall–Kier alpha value is -0.860. The summed E-state index contributed by atoms with van der Waals surface area (Å²) in [6.45, 7) is 2.70. The summed E-state index contributed by atoms with van der Waals surface area (Å²) >= 11 is 3.51. The molecule has 0 saturated carbocycles. The zero-order chi connectivity index (χ0) is 17.5. The minimum absolute atomic E-state index is 0.317. The number of methoxy groups -OCH3 is 3. The van der Waals surface area contributed by atoms with E-state index in [1.165, 1.54) is 0 Å². The Morgan fingerprint density at radius 1 is 1.21 bits per heavy atom. The maximum Gasteiger partial charge on any atom is 0.195 e. The van der Waals surface area contributed by atoms with Crippen LogP contribution < -0.4 is 9.47 Å². The van der Waals surface area contributed by atoms with E-state index in [0.29, 0.717) is 37.6 Å². The summed E-state index contributed by atoms with van der Waals surface area (Å²) < 4.78 is 29.0. The van der Waals surface area contributed by atoms with Gasteiger partial charge >= 0.3 is 0 Å². The summed E-state index contributed by atoms with van der Waals surface area (Å²) in [6, 6.07) is 1.86. The number of aliphatic hydroxyl groups is 1. The molecule has 1 fully saturated rings. The van der Waals surface area contributed by atoms with E-state index in [1.54, 1.807) is 28.3 Å². The highest BCUT2D eigenvalue weighted by molar-refractivity contribution is 9.10. The van der Waals surface area contributed by atoms with Crippen molar-refractivity contribution in [1.82, 2.24) is 0 Å². The molecule has 7 heteroatoms. The molecular formula is C17H23BrO6. The van der Waals surface area contributed by atoms with Crippen molar-refractivity contribution in [3.05, 3.63) is 21.7 Å². The van der Waals surface area contributed by atoms with Crippen LogP contribution in [-0.2, 0) is 20.6 Å². The molecular weight excluding hydrogens is 380 g/mol. The normalized spacial score (nSPS) is 28.5. The Bertz CT molecular complexity index is 628. The first kappa shape index (κ1) is 17.9.